The summed E-state index contributed by atoms with van der Waals surface area (Å²) in [7, 11) is 1.64. The van der Waals surface area contributed by atoms with Crippen LogP contribution in [0.15, 0.2) is 43.1 Å². The molecule has 0 aliphatic carbocycles. The number of methoxy groups -OCH3 is 1. The van der Waals surface area contributed by atoms with Crippen LogP contribution in [0, 0.1) is 11.8 Å². The first-order chi connectivity index (χ1) is 14.1. The molecule has 6 heteroatoms. The number of hydrogen-bond acceptors (Lipinski definition) is 6. The van der Waals surface area contributed by atoms with Gasteiger partial charge < -0.3 is 14.2 Å². The van der Waals surface area contributed by atoms with Gasteiger partial charge in [0.2, 0.25) is 0 Å². The number of hydrogen-bond donors (Lipinski definition) is 0. The molecule has 5 atom stereocenters. The highest BCUT2D eigenvalue weighted by Gasteiger charge is 2.44. The maximum atomic E-state index is 12.3. The number of rotatable bonds is 6. The third kappa shape index (κ3) is 3.81. The molecule has 29 heavy (non-hydrogen) atoms. The zero-order valence-corrected chi connectivity index (χ0v) is 17.0. The molecule has 2 bridgehead atoms. The van der Waals surface area contributed by atoms with Gasteiger partial charge in [-0.1, -0.05) is 6.08 Å². The van der Waals surface area contributed by atoms with Crippen LogP contribution < -0.4 is 4.74 Å². The molecule has 3 fully saturated rings. The van der Waals surface area contributed by atoms with Gasteiger partial charge in [-0.15, -0.1) is 6.58 Å². The van der Waals surface area contributed by atoms with Crippen molar-refractivity contribution >= 4 is 17.1 Å². The van der Waals surface area contributed by atoms with E-state index in [1.165, 1.54) is 0 Å². The molecule has 0 spiro atoms. The average molecular weight is 396 g/mol. The summed E-state index contributed by atoms with van der Waals surface area (Å²) < 4.78 is 16.5. The minimum absolute atomic E-state index is 0.103. The number of piperidine rings is 3. The number of carbonyl (C=O) groups excluding carboxylic acids is 1. The maximum absolute atomic E-state index is 12.3. The van der Waals surface area contributed by atoms with Crippen molar-refractivity contribution in [3.63, 3.8) is 0 Å². The van der Waals surface area contributed by atoms with E-state index in [0.29, 0.717) is 11.8 Å². The number of benzene rings is 1. The summed E-state index contributed by atoms with van der Waals surface area (Å²) in [5, 5.41) is 0.934. The second-order valence-electron chi connectivity index (χ2n) is 7.75. The van der Waals surface area contributed by atoms with E-state index in [2.05, 4.69) is 22.5 Å². The van der Waals surface area contributed by atoms with Crippen molar-refractivity contribution in [2.75, 3.05) is 26.8 Å². The number of ether oxygens (including phenoxy) is 3. The van der Waals surface area contributed by atoms with E-state index in [-0.39, 0.29) is 12.6 Å². The van der Waals surface area contributed by atoms with Gasteiger partial charge in [0.15, 0.2) is 0 Å². The van der Waals surface area contributed by atoms with E-state index < -0.39 is 12.3 Å². The molecule has 5 rings (SSSR count). The molecule has 154 valence electrons. The first-order valence-electron chi connectivity index (χ1n) is 10.3. The van der Waals surface area contributed by atoms with E-state index in [0.717, 1.165) is 48.1 Å². The largest absolute Gasteiger partial charge is 0.508 e. The van der Waals surface area contributed by atoms with Crippen LogP contribution in [-0.2, 0) is 9.47 Å². The zero-order valence-electron chi connectivity index (χ0n) is 17.0. The maximum Gasteiger partial charge on any atom is 0.508 e. The van der Waals surface area contributed by atoms with Crippen molar-refractivity contribution in [2.24, 2.45) is 11.8 Å². The standard InChI is InChI=1S/C23H28N2O4/c1-4-15-14-25-11-9-16(15)12-21(25)22(29-23(26)28-5-2)18-8-10-24-20-7-6-17(27-3)13-19(18)20/h4,6-8,10,13,15-16,21-22H,1,5,9,11-12,14H2,2-3H3/t15-,16+,21+,22-/m1/s1. The lowest BCUT2D eigenvalue weighted by molar-refractivity contribution is -0.0652. The van der Waals surface area contributed by atoms with Crippen LogP contribution in [0.3, 0.4) is 0 Å². The number of pyridine rings is 1. The first-order valence-corrected chi connectivity index (χ1v) is 10.3. The molecule has 4 heterocycles. The van der Waals surface area contributed by atoms with Gasteiger partial charge in [0.25, 0.3) is 0 Å². The Labute approximate surface area is 171 Å². The second kappa shape index (κ2) is 8.41. The lowest BCUT2D eigenvalue weighted by atomic mass is 9.73. The van der Waals surface area contributed by atoms with Gasteiger partial charge in [-0.3, -0.25) is 9.88 Å². The minimum Gasteiger partial charge on any atom is -0.497 e. The molecule has 3 aliphatic heterocycles. The van der Waals surface area contributed by atoms with Gasteiger partial charge in [0, 0.05) is 23.7 Å². The Balaban J connectivity index is 1.75. The molecule has 3 aliphatic rings. The molecule has 0 saturated carbocycles. The minimum atomic E-state index is -0.631. The zero-order chi connectivity index (χ0) is 20.4. The molecule has 1 unspecified atom stereocenters. The lowest BCUT2D eigenvalue weighted by Gasteiger charge is -2.51. The van der Waals surface area contributed by atoms with Crippen LogP contribution in [0.4, 0.5) is 4.79 Å². The fraction of sp³-hybridized carbons (Fsp3) is 0.478. The summed E-state index contributed by atoms with van der Waals surface area (Å²) in [6, 6.07) is 7.83. The van der Waals surface area contributed by atoms with Crippen molar-refractivity contribution in [1.82, 2.24) is 9.88 Å². The van der Waals surface area contributed by atoms with E-state index in [4.69, 9.17) is 14.2 Å². The van der Waals surface area contributed by atoms with Crippen molar-refractivity contribution < 1.29 is 19.0 Å². The Kier molecular flexibility index (Phi) is 5.72. The summed E-state index contributed by atoms with van der Waals surface area (Å²) in [4.78, 5) is 19.2. The van der Waals surface area contributed by atoms with E-state index >= 15 is 0 Å². The monoisotopic (exact) mass is 396 g/mol. The average Bonchev–Trinajstić information content (AvgIpc) is 2.77. The highest BCUT2D eigenvalue weighted by molar-refractivity contribution is 5.84. The summed E-state index contributed by atoms with van der Waals surface area (Å²) in [5.41, 5.74) is 1.79. The summed E-state index contributed by atoms with van der Waals surface area (Å²) in [6.45, 7) is 8.04. The first kappa shape index (κ1) is 19.7. The van der Waals surface area contributed by atoms with Crippen LogP contribution >= 0.6 is 0 Å². The number of aromatic nitrogens is 1. The summed E-state index contributed by atoms with van der Waals surface area (Å²) in [5.74, 6) is 1.81. The van der Waals surface area contributed by atoms with Gasteiger partial charge in [0.05, 0.1) is 25.3 Å². The smallest absolute Gasteiger partial charge is 0.497 e. The molecule has 0 radical (unpaired) electrons. The van der Waals surface area contributed by atoms with Crippen LogP contribution in [-0.4, -0.2) is 48.9 Å². The van der Waals surface area contributed by atoms with Gasteiger partial charge >= 0.3 is 6.16 Å². The molecule has 3 saturated heterocycles. The molecule has 0 N–H and O–H groups in total. The molecule has 2 aromatic rings. The Morgan fingerprint density at radius 1 is 1.41 bits per heavy atom. The fourth-order valence-electron chi connectivity index (χ4n) is 4.82. The third-order valence-electron chi connectivity index (χ3n) is 6.28. The highest BCUT2D eigenvalue weighted by atomic mass is 16.7. The summed E-state index contributed by atoms with van der Waals surface area (Å²) >= 11 is 0. The van der Waals surface area contributed by atoms with Crippen LogP contribution in [0.1, 0.15) is 31.4 Å². The third-order valence-corrected chi connectivity index (χ3v) is 6.28. The van der Waals surface area contributed by atoms with Gasteiger partial charge in [-0.25, -0.2) is 4.79 Å². The van der Waals surface area contributed by atoms with E-state index in [1.54, 1.807) is 20.2 Å². The van der Waals surface area contributed by atoms with Crippen molar-refractivity contribution in [3.8, 4) is 5.75 Å². The van der Waals surface area contributed by atoms with Crippen molar-refractivity contribution in [3.05, 3.63) is 48.7 Å². The Bertz CT molecular complexity index is 900. The van der Waals surface area contributed by atoms with Crippen molar-refractivity contribution in [2.45, 2.75) is 31.9 Å². The molecule has 0 amide bonds. The van der Waals surface area contributed by atoms with Gasteiger partial charge in [0.1, 0.15) is 11.9 Å². The molecular weight excluding hydrogens is 368 g/mol. The van der Waals surface area contributed by atoms with E-state index in [1.807, 2.05) is 24.3 Å². The quantitative estimate of drug-likeness (QED) is 0.534. The lowest BCUT2D eigenvalue weighted by Crippen LogP contribution is -2.55. The molecule has 1 aromatic heterocycles. The SMILES string of the molecule is C=C[C@@H]1CN2CC[C@H]1C[C@H]2[C@H](OC(=O)OCC)c1ccnc2ccc(OC)cc12. The number of nitrogens with zero attached hydrogens (tertiary/aromatic N) is 2. The number of carbonyl (C=O) groups is 1. The molecular formula is C23H28N2O4. The van der Waals surface area contributed by atoms with Crippen molar-refractivity contribution in [1.29, 1.82) is 0 Å². The molecule has 1 aromatic carbocycles. The normalized spacial score (nSPS) is 26.7. The van der Waals surface area contributed by atoms with E-state index in [9.17, 15) is 4.79 Å². The topological polar surface area (TPSA) is 60.9 Å². The Morgan fingerprint density at radius 3 is 2.97 bits per heavy atom. The predicted octanol–water partition coefficient (Wildman–Crippen LogP) is 4.35. The summed E-state index contributed by atoms with van der Waals surface area (Å²) in [6.07, 6.45) is 4.91. The van der Waals surface area contributed by atoms with Crippen LogP contribution in [0.25, 0.3) is 10.9 Å². The Hall–Kier alpha value is -2.60. The second-order valence-corrected chi connectivity index (χ2v) is 7.75. The van der Waals surface area contributed by atoms with Crippen LogP contribution in [0.5, 0.6) is 5.75 Å². The van der Waals surface area contributed by atoms with Crippen LogP contribution in [0.2, 0.25) is 0 Å². The van der Waals surface area contributed by atoms with Gasteiger partial charge in [-0.2, -0.15) is 0 Å². The molecule has 6 nitrogen and oxygen atoms in total. The highest BCUT2D eigenvalue weighted by Crippen LogP contribution is 2.43. The predicted molar refractivity (Wildman–Crippen MR) is 111 cm³/mol. The van der Waals surface area contributed by atoms with Gasteiger partial charge in [-0.05, 0) is 62.4 Å². The Morgan fingerprint density at radius 2 is 2.28 bits per heavy atom. The number of fused-ring (bicyclic) bond motifs is 4. The fourth-order valence-corrected chi connectivity index (χ4v) is 4.82.